The summed E-state index contributed by atoms with van der Waals surface area (Å²) in [5.41, 5.74) is 9.81. The van der Waals surface area contributed by atoms with E-state index in [0.29, 0.717) is 64.2 Å². The van der Waals surface area contributed by atoms with Gasteiger partial charge in [-0.05, 0) is 68.2 Å². The standard InChI is InChI=1S/C35H47N7O2S/c1-7-16-42(17-11-10-12-23(4)8-2)35(43)26-13-14-29(27(19-26)20-36)30-22-39-25(6)31(41-30)34(40-21-28(37)9-3)44-33(38)32-24(5)15-18-45-32/h13-15,18-19,22-23,28,38H,7-12,16-17,21,37H2,1-6H3/b38-33?,40-34+. The monoisotopic (exact) mass is 629 g/mol. The average Bonchev–Trinajstić information content (AvgIpc) is 3.49. The van der Waals surface area contributed by atoms with Gasteiger partial charge < -0.3 is 15.4 Å². The van der Waals surface area contributed by atoms with Crippen LogP contribution in [0.15, 0.2) is 40.8 Å². The van der Waals surface area contributed by atoms with Crippen LogP contribution in [0.1, 0.15) is 104 Å². The molecule has 3 aromatic rings. The number of hydrogen-bond acceptors (Lipinski definition) is 9. The number of nitrogens with two attached hydrogens (primary N) is 1. The first-order chi connectivity index (χ1) is 21.6. The summed E-state index contributed by atoms with van der Waals surface area (Å²) in [7, 11) is 0. The second-order valence-electron chi connectivity index (χ2n) is 11.5. The summed E-state index contributed by atoms with van der Waals surface area (Å²) < 4.78 is 6.01. The topological polar surface area (TPSA) is 141 Å². The summed E-state index contributed by atoms with van der Waals surface area (Å²) in [6.45, 7) is 13.9. The van der Waals surface area contributed by atoms with E-state index in [-0.39, 0.29) is 23.7 Å². The van der Waals surface area contributed by atoms with Gasteiger partial charge in [-0.15, -0.1) is 11.3 Å². The molecule has 10 heteroatoms. The third-order valence-corrected chi connectivity index (χ3v) is 8.95. The number of aryl methyl sites for hydroxylation is 2. The van der Waals surface area contributed by atoms with Crippen molar-refractivity contribution in [3.05, 3.63) is 68.8 Å². The van der Waals surface area contributed by atoms with Gasteiger partial charge in [0, 0.05) is 30.3 Å². The lowest BCUT2D eigenvalue weighted by molar-refractivity contribution is 0.0752. The summed E-state index contributed by atoms with van der Waals surface area (Å²) in [6, 6.07) is 9.15. The van der Waals surface area contributed by atoms with Gasteiger partial charge >= 0.3 is 0 Å². The molecule has 240 valence electrons. The smallest absolute Gasteiger partial charge is 0.253 e. The van der Waals surface area contributed by atoms with Gasteiger partial charge in [0.1, 0.15) is 5.69 Å². The Balaban J connectivity index is 1.93. The summed E-state index contributed by atoms with van der Waals surface area (Å²) in [5, 5.41) is 20.6. The molecule has 0 aliphatic rings. The van der Waals surface area contributed by atoms with E-state index < -0.39 is 0 Å². The van der Waals surface area contributed by atoms with Crippen LogP contribution >= 0.6 is 11.3 Å². The molecule has 45 heavy (non-hydrogen) atoms. The molecule has 3 rings (SSSR count). The summed E-state index contributed by atoms with van der Waals surface area (Å²) in [4.78, 5) is 30.1. The van der Waals surface area contributed by atoms with E-state index in [2.05, 4.69) is 36.8 Å². The quantitative estimate of drug-likeness (QED) is 0.103. The van der Waals surface area contributed by atoms with Crippen LogP contribution in [0.4, 0.5) is 0 Å². The molecule has 1 aromatic carbocycles. The maximum Gasteiger partial charge on any atom is 0.253 e. The third kappa shape index (κ3) is 9.77. The van der Waals surface area contributed by atoms with Crippen LogP contribution in [0.5, 0.6) is 0 Å². The molecule has 2 atom stereocenters. The van der Waals surface area contributed by atoms with Crippen molar-refractivity contribution in [2.45, 2.75) is 86.1 Å². The van der Waals surface area contributed by atoms with Crippen molar-refractivity contribution >= 4 is 29.0 Å². The van der Waals surface area contributed by atoms with Gasteiger partial charge in [0.2, 0.25) is 11.8 Å². The Kier molecular flexibility index (Phi) is 13.8. The van der Waals surface area contributed by atoms with E-state index in [1.54, 1.807) is 31.3 Å². The van der Waals surface area contributed by atoms with Gasteiger partial charge in [0.25, 0.3) is 5.91 Å². The lowest BCUT2D eigenvalue weighted by Gasteiger charge is -2.23. The fourth-order valence-corrected chi connectivity index (χ4v) is 5.59. The van der Waals surface area contributed by atoms with Gasteiger partial charge in [-0.3, -0.25) is 15.2 Å². The molecule has 1 amide bonds. The highest BCUT2D eigenvalue weighted by Gasteiger charge is 2.21. The van der Waals surface area contributed by atoms with Crippen LogP contribution in [0.25, 0.3) is 11.3 Å². The zero-order valence-electron chi connectivity index (χ0n) is 27.5. The number of nitrogens with zero attached hydrogens (tertiary/aromatic N) is 5. The first kappa shape index (κ1) is 35.5. The second-order valence-corrected chi connectivity index (χ2v) is 12.5. The average molecular weight is 630 g/mol. The van der Waals surface area contributed by atoms with Gasteiger partial charge in [-0.2, -0.15) is 5.26 Å². The first-order valence-electron chi connectivity index (χ1n) is 15.9. The maximum absolute atomic E-state index is 13.5. The first-order valence-corrected chi connectivity index (χ1v) is 16.8. The van der Waals surface area contributed by atoms with Gasteiger partial charge in [-0.1, -0.05) is 53.0 Å². The number of nitrogens with one attached hydrogen (secondary N) is 1. The van der Waals surface area contributed by atoms with Crippen LogP contribution in [0.2, 0.25) is 0 Å². The highest BCUT2D eigenvalue weighted by atomic mass is 32.1. The number of aromatic nitrogens is 2. The molecule has 0 fully saturated rings. The number of carbonyl (C=O) groups is 1. The predicted molar refractivity (Wildman–Crippen MR) is 183 cm³/mol. The number of ether oxygens (including phenoxy) is 1. The second kappa shape index (κ2) is 17.5. The van der Waals surface area contributed by atoms with E-state index in [0.717, 1.165) is 37.7 Å². The molecule has 3 N–H and O–H groups in total. The van der Waals surface area contributed by atoms with Crippen LogP contribution < -0.4 is 5.73 Å². The minimum Gasteiger partial charge on any atom is -0.418 e. The van der Waals surface area contributed by atoms with E-state index in [1.807, 2.05) is 30.2 Å². The number of unbranched alkanes of at least 4 members (excludes halogenated alkanes) is 1. The van der Waals surface area contributed by atoms with Crippen molar-refractivity contribution in [3.63, 3.8) is 0 Å². The van der Waals surface area contributed by atoms with Crippen molar-refractivity contribution in [1.82, 2.24) is 14.9 Å². The van der Waals surface area contributed by atoms with E-state index >= 15 is 0 Å². The Morgan fingerprint density at radius 1 is 1.18 bits per heavy atom. The number of benzene rings is 1. The van der Waals surface area contributed by atoms with Crippen molar-refractivity contribution < 1.29 is 9.53 Å². The summed E-state index contributed by atoms with van der Waals surface area (Å²) in [6.07, 6.45) is 7.57. The minimum atomic E-state index is -0.180. The normalized spacial score (nSPS) is 12.8. The number of rotatable bonds is 15. The lowest BCUT2D eigenvalue weighted by Crippen LogP contribution is -2.32. The molecule has 0 saturated carbocycles. The van der Waals surface area contributed by atoms with Crippen LogP contribution in [0, 0.1) is 36.5 Å². The molecule has 0 saturated heterocycles. The Morgan fingerprint density at radius 2 is 1.96 bits per heavy atom. The molecule has 2 aromatic heterocycles. The van der Waals surface area contributed by atoms with E-state index in [4.69, 9.17) is 20.9 Å². The molecular weight excluding hydrogens is 582 g/mol. The number of hydrogen-bond donors (Lipinski definition) is 2. The summed E-state index contributed by atoms with van der Waals surface area (Å²) in [5.74, 6) is 0.737. The fraction of sp³-hybridized carbons (Fsp3) is 0.486. The number of amides is 1. The predicted octanol–water partition coefficient (Wildman–Crippen LogP) is 7.29. The third-order valence-electron chi connectivity index (χ3n) is 7.93. The Morgan fingerprint density at radius 3 is 2.60 bits per heavy atom. The van der Waals surface area contributed by atoms with E-state index in [9.17, 15) is 10.1 Å². The van der Waals surface area contributed by atoms with Gasteiger partial charge in [0.05, 0.1) is 40.6 Å². The highest BCUT2D eigenvalue weighted by molar-refractivity contribution is 7.12. The molecule has 0 bridgehead atoms. The zero-order valence-corrected chi connectivity index (χ0v) is 28.3. The summed E-state index contributed by atoms with van der Waals surface area (Å²) >= 11 is 1.42. The Bertz CT molecular complexity index is 1520. The minimum absolute atomic E-state index is 0.0324. The highest BCUT2D eigenvalue weighted by Crippen LogP contribution is 2.25. The lowest BCUT2D eigenvalue weighted by atomic mass is 10.0. The van der Waals surface area contributed by atoms with Crippen molar-refractivity contribution in [3.8, 4) is 17.3 Å². The van der Waals surface area contributed by atoms with Crippen LogP contribution in [-0.2, 0) is 4.74 Å². The van der Waals surface area contributed by atoms with Crippen LogP contribution in [-0.4, -0.2) is 58.2 Å². The number of nitriles is 1. The van der Waals surface area contributed by atoms with Crippen LogP contribution in [0.3, 0.4) is 0 Å². The molecule has 0 radical (unpaired) electrons. The largest absolute Gasteiger partial charge is 0.418 e. The fourth-order valence-electron chi connectivity index (χ4n) is 4.77. The van der Waals surface area contributed by atoms with Crippen molar-refractivity contribution in [2.24, 2.45) is 16.6 Å². The molecule has 0 aliphatic heterocycles. The molecule has 0 aliphatic carbocycles. The molecular formula is C35H47N7O2S. The van der Waals surface area contributed by atoms with E-state index in [1.165, 1.54) is 17.8 Å². The molecule has 2 unspecified atom stereocenters. The van der Waals surface area contributed by atoms with Crippen molar-refractivity contribution in [2.75, 3.05) is 19.6 Å². The Hall–Kier alpha value is -3.94. The maximum atomic E-state index is 13.5. The van der Waals surface area contributed by atoms with Crippen molar-refractivity contribution in [1.29, 1.82) is 10.7 Å². The van der Waals surface area contributed by atoms with Gasteiger partial charge in [-0.25, -0.2) is 9.98 Å². The van der Waals surface area contributed by atoms with Gasteiger partial charge in [0.15, 0.2) is 0 Å². The molecule has 9 nitrogen and oxygen atoms in total. The molecule has 0 spiro atoms. The molecule has 2 heterocycles. The number of thiophene rings is 1. The number of aliphatic imine (C=N–C) groups is 1. The Labute approximate surface area is 272 Å². The zero-order chi connectivity index (χ0) is 32.9. The SMILES string of the molecule is CCCN(CCCCC(C)CC)C(=O)c1ccc(-c2cnc(C)c(/C(=N\CC(N)CC)OC(=N)c3sccc3C)n2)c(C#N)c1. The number of carbonyl (C=O) groups excluding carboxylic acids is 1.